The van der Waals surface area contributed by atoms with Crippen LogP contribution in [0.3, 0.4) is 0 Å². The number of carbonyl (C=O) groups is 1. The number of nitrogens with one attached hydrogen (secondary N) is 2. The van der Waals surface area contributed by atoms with Crippen molar-refractivity contribution >= 4 is 21.6 Å². The Kier molecular flexibility index (Phi) is 4.23. The van der Waals surface area contributed by atoms with Gasteiger partial charge in [-0.1, -0.05) is 0 Å². The molecule has 3 rings (SSSR count). The topological polar surface area (TPSA) is 75.3 Å². The molecule has 0 heterocycles. The Morgan fingerprint density at radius 2 is 1.58 bits per heavy atom. The quantitative estimate of drug-likeness (QED) is 0.869. The zero-order valence-electron chi connectivity index (χ0n) is 12.4. The lowest BCUT2D eigenvalue weighted by molar-refractivity contribution is 0.0951. The first-order valence-electron chi connectivity index (χ1n) is 7.23. The summed E-state index contributed by atoms with van der Waals surface area (Å²) in [4.78, 5) is 11.7. The summed E-state index contributed by atoms with van der Waals surface area (Å²) in [6.45, 7) is 0. The van der Waals surface area contributed by atoms with Crippen LogP contribution in [-0.4, -0.2) is 20.4 Å². The van der Waals surface area contributed by atoms with Gasteiger partial charge in [0, 0.05) is 17.7 Å². The Labute approximate surface area is 137 Å². The second kappa shape index (κ2) is 6.20. The van der Waals surface area contributed by atoms with E-state index < -0.39 is 21.7 Å². The molecule has 2 aromatic rings. The fraction of sp³-hybridized carbons (Fsp3) is 0.188. The summed E-state index contributed by atoms with van der Waals surface area (Å²) in [6, 6.07) is 7.89. The summed E-state index contributed by atoms with van der Waals surface area (Å²) in [5, 5.41) is 2.79. The van der Waals surface area contributed by atoms with Crippen molar-refractivity contribution in [1.29, 1.82) is 0 Å². The Hall–Kier alpha value is -2.48. The average Bonchev–Trinajstić information content (AvgIpc) is 3.29. The van der Waals surface area contributed by atoms with Gasteiger partial charge in [0.25, 0.3) is 15.9 Å². The highest BCUT2D eigenvalue weighted by molar-refractivity contribution is 7.92. The number of rotatable bonds is 5. The number of carbonyl (C=O) groups excluding carboxylic acids is 1. The van der Waals surface area contributed by atoms with E-state index in [-0.39, 0.29) is 22.5 Å². The van der Waals surface area contributed by atoms with Crippen LogP contribution in [0.15, 0.2) is 47.4 Å². The van der Waals surface area contributed by atoms with Gasteiger partial charge < -0.3 is 5.32 Å². The van der Waals surface area contributed by atoms with Crippen molar-refractivity contribution in [1.82, 2.24) is 5.32 Å². The lowest BCUT2D eigenvalue weighted by Crippen LogP contribution is -2.25. The number of benzene rings is 2. The first-order valence-corrected chi connectivity index (χ1v) is 8.72. The first kappa shape index (κ1) is 16.4. The monoisotopic (exact) mass is 352 g/mol. The molecule has 24 heavy (non-hydrogen) atoms. The molecule has 5 nitrogen and oxygen atoms in total. The van der Waals surface area contributed by atoms with Gasteiger partial charge in [-0.05, 0) is 49.2 Å². The fourth-order valence-electron chi connectivity index (χ4n) is 2.11. The van der Waals surface area contributed by atoms with E-state index in [1.807, 2.05) is 0 Å². The van der Waals surface area contributed by atoms with Gasteiger partial charge in [0.1, 0.15) is 11.6 Å². The maximum absolute atomic E-state index is 13.1. The number of hydrogen-bond acceptors (Lipinski definition) is 3. The smallest absolute Gasteiger partial charge is 0.261 e. The number of hydrogen-bond donors (Lipinski definition) is 2. The molecule has 0 aromatic heterocycles. The number of halogens is 2. The van der Waals surface area contributed by atoms with E-state index in [0.717, 1.165) is 25.0 Å². The molecule has 0 radical (unpaired) electrons. The van der Waals surface area contributed by atoms with Crippen molar-refractivity contribution in [2.75, 3.05) is 4.72 Å². The lowest BCUT2D eigenvalue weighted by atomic mass is 10.2. The highest BCUT2D eigenvalue weighted by atomic mass is 32.2. The molecule has 126 valence electrons. The molecule has 1 saturated carbocycles. The molecule has 0 spiro atoms. The van der Waals surface area contributed by atoms with Crippen LogP contribution < -0.4 is 10.0 Å². The second-order valence-corrected chi connectivity index (χ2v) is 7.22. The van der Waals surface area contributed by atoms with Crippen LogP contribution in [0.5, 0.6) is 0 Å². The number of sulfonamides is 1. The van der Waals surface area contributed by atoms with E-state index >= 15 is 0 Å². The Bertz CT molecular complexity index is 858. The van der Waals surface area contributed by atoms with Crippen LogP contribution >= 0.6 is 0 Å². The maximum atomic E-state index is 13.1. The molecule has 1 fully saturated rings. The largest absolute Gasteiger partial charge is 0.349 e. The van der Waals surface area contributed by atoms with Crippen molar-refractivity contribution in [2.24, 2.45) is 0 Å². The molecule has 0 bridgehead atoms. The molecule has 0 atom stereocenters. The molecule has 1 aliphatic carbocycles. The van der Waals surface area contributed by atoms with E-state index in [1.54, 1.807) is 0 Å². The summed E-state index contributed by atoms with van der Waals surface area (Å²) in [5.41, 5.74) is 0.126. The van der Waals surface area contributed by atoms with E-state index in [0.29, 0.717) is 11.6 Å². The van der Waals surface area contributed by atoms with Gasteiger partial charge >= 0.3 is 0 Å². The predicted molar refractivity (Wildman–Crippen MR) is 84.1 cm³/mol. The lowest BCUT2D eigenvalue weighted by Gasteiger charge is -2.09. The molecule has 1 amide bonds. The van der Waals surface area contributed by atoms with Crippen molar-refractivity contribution in [3.05, 3.63) is 59.7 Å². The van der Waals surface area contributed by atoms with Crippen LogP contribution in [-0.2, 0) is 10.0 Å². The third-order valence-corrected chi connectivity index (χ3v) is 4.85. The van der Waals surface area contributed by atoms with E-state index in [4.69, 9.17) is 0 Å². The summed E-state index contributed by atoms with van der Waals surface area (Å²) in [5.74, 6) is -2.04. The van der Waals surface area contributed by atoms with E-state index in [1.165, 1.54) is 24.3 Å². The van der Waals surface area contributed by atoms with Crippen LogP contribution in [0.4, 0.5) is 14.5 Å². The third-order valence-electron chi connectivity index (χ3n) is 3.45. The van der Waals surface area contributed by atoms with E-state index in [2.05, 4.69) is 10.0 Å². The zero-order chi connectivity index (χ0) is 17.3. The molecule has 0 unspecified atom stereocenters. The molecule has 0 saturated heterocycles. The van der Waals surface area contributed by atoms with Gasteiger partial charge in [0.05, 0.1) is 10.6 Å². The fourth-order valence-corrected chi connectivity index (χ4v) is 3.15. The molecule has 2 N–H and O–H groups in total. The van der Waals surface area contributed by atoms with E-state index in [9.17, 15) is 22.0 Å². The van der Waals surface area contributed by atoms with Crippen molar-refractivity contribution in [2.45, 2.75) is 23.8 Å². The highest BCUT2D eigenvalue weighted by Crippen LogP contribution is 2.21. The van der Waals surface area contributed by atoms with Crippen LogP contribution in [0.25, 0.3) is 0 Å². The maximum Gasteiger partial charge on any atom is 0.261 e. The molecule has 0 aliphatic heterocycles. The van der Waals surface area contributed by atoms with Gasteiger partial charge in [-0.2, -0.15) is 0 Å². The van der Waals surface area contributed by atoms with Crippen molar-refractivity contribution in [3.8, 4) is 0 Å². The van der Waals surface area contributed by atoms with Gasteiger partial charge in [0.2, 0.25) is 0 Å². The van der Waals surface area contributed by atoms with Crippen molar-refractivity contribution < 1.29 is 22.0 Å². The summed E-state index contributed by atoms with van der Waals surface area (Å²) in [6.07, 6.45) is 1.90. The SMILES string of the molecule is O=C(NC1CC1)c1ccc(S(=O)(=O)Nc2cc(F)cc(F)c2)cc1. The third kappa shape index (κ3) is 3.88. The minimum absolute atomic E-state index is 0.116. The number of amides is 1. The molecular weight excluding hydrogens is 338 g/mol. The Balaban J connectivity index is 1.77. The van der Waals surface area contributed by atoms with Crippen LogP contribution in [0.1, 0.15) is 23.2 Å². The normalized spacial score (nSPS) is 14.2. The molecular formula is C16H14F2N2O3S. The summed E-state index contributed by atoms with van der Waals surface area (Å²) < 4.78 is 52.8. The standard InChI is InChI=1S/C16H14F2N2O3S/c17-11-7-12(18)9-14(8-11)20-24(22,23)15-5-1-10(2-6-15)16(21)19-13-3-4-13/h1-2,5-9,13,20H,3-4H2,(H,19,21). The highest BCUT2D eigenvalue weighted by Gasteiger charge is 2.24. The van der Waals surface area contributed by atoms with Crippen LogP contribution in [0.2, 0.25) is 0 Å². The summed E-state index contributed by atoms with van der Waals surface area (Å²) >= 11 is 0. The minimum atomic E-state index is -4.02. The Morgan fingerprint density at radius 1 is 1.00 bits per heavy atom. The van der Waals surface area contributed by atoms with Crippen LogP contribution in [0, 0.1) is 11.6 Å². The van der Waals surface area contributed by atoms with Gasteiger partial charge in [0.15, 0.2) is 0 Å². The predicted octanol–water partition coefficient (Wildman–Crippen LogP) is 2.66. The van der Waals surface area contributed by atoms with Gasteiger partial charge in [-0.3, -0.25) is 9.52 Å². The molecule has 1 aliphatic rings. The Morgan fingerprint density at radius 3 is 2.12 bits per heavy atom. The van der Waals surface area contributed by atoms with Gasteiger partial charge in [-0.25, -0.2) is 17.2 Å². The first-order chi connectivity index (χ1) is 11.3. The molecule has 8 heteroatoms. The minimum Gasteiger partial charge on any atom is -0.349 e. The number of anilines is 1. The average molecular weight is 352 g/mol. The zero-order valence-corrected chi connectivity index (χ0v) is 13.2. The molecule has 2 aromatic carbocycles. The second-order valence-electron chi connectivity index (χ2n) is 5.54. The van der Waals surface area contributed by atoms with Crippen molar-refractivity contribution in [3.63, 3.8) is 0 Å². The van der Waals surface area contributed by atoms with Gasteiger partial charge in [-0.15, -0.1) is 0 Å². The summed E-state index contributed by atoms with van der Waals surface area (Å²) in [7, 11) is -4.02.